The van der Waals surface area contributed by atoms with Gasteiger partial charge in [0.05, 0.1) is 5.92 Å². The second kappa shape index (κ2) is 4.44. The average Bonchev–Trinajstić information content (AvgIpc) is 3.05. The first-order chi connectivity index (χ1) is 8.33. The second-order valence-electron chi connectivity index (χ2n) is 4.78. The number of rotatable bonds is 4. The number of nitrogens with one attached hydrogen (secondary N) is 2. The summed E-state index contributed by atoms with van der Waals surface area (Å²) in [4.78, 5) is 15.9. The van der Waals surface area contributed by atoms with E-state index in [1.807, 2.05) is 0 Å². The number of nitrogens with zero attached hydrogens (tertiary/aromatic N) is 2. The lowest BCUT2D eigenvalue weighted by Gasteiger charge is -2.19. The fourth-order valence-corrected chi connectivity index (χ4v) is 2.85. The molecule has 17 heavy (non-hydrogen) atoms. The first kappa shape index (κ1) is 10.7. The van der Waals surface area contributed by atoms with Crippen LogP contribution < -0.4 is 10.6 Å². The summed E-state index contributed by atoms with van der Waals surface area (Å²) in [5.41, 5.74) is 0. The molecule has 1 aromatic heterocycles. The Morgan fingerprint density at radius 3 is 3.18 bits per heavy atom. The van der Waals surface area contributed by atoms with Gasteiger partial charge >= 0.3 is 0 Å². The minimum absolute atomic E-state index is 0.152. The SMILES string of the molecule is O=C(NCCc1ncon1)C1CC2CCC1N2. The fraction of sp³-hybridized carbons (Fsp3) is 0.727. The molecule has 6 nitrogen and oxygen atoms in total. The molecule has 3 atom stereocenters. The normalized spacial score (nSPS) is 30.7. The zero-order valence-corrected chi connectivity index (χ0v) is 9.56. The zero-order valence-electron chi connectivity index (χ0n) is 9.56. The number of aromatic nitrogens is 2. The number of hydrogen-bond acceptors (Lipinski definition) is 5. The Morgan fingerprint density at radius 2 is 2.53 bits per heavy atom. The maximum Gasteiger partial charge on any atom is 0.224 e. The van der Waals surface area contributed by atoms with Crippen molar-refractivity contribution in [2.75, 3.05) is 6.54 Å². The van der Waals surface area contributed by atoms with Crippen molar-refractivity contribution in [2.24, 2.45) is 5.92 Å². The van der Waals surface area contributed by atoms with Gasteiger partial charge in [-0.1, -0.05) is 5.16 Å². The highest BCUT2D eigenvalue weighted by atomic mass is 16.5. The molecule has 0 radical (unpaired) electrons. The lowest BCUT2D eigenvalue weighted by atomic mass is 9.88. The summed E-state index contributed by atoms with van der Waals surface area (Å²) >= 11 is 0. The quantitative estimate of drug-likeness (QED) is 0.761. The largest absolute Gasteiger partial charge is 0.355 e. The molecule has 3 heterocycles. The van der Waals surface area contributed by atoms with Crippen molar-refractivity contribution >= 4 is 5.91 Å². The predicted octanol–water partition coefficient (Wildman–Crippen LogP) is -0.131. The minimum Gasteiger partial charge on any atom is -0.355 e. The van der Waals surface area contributed by atoms with E-state index in [-0.39, 0.29) is 11.8 Å². The van der Waals surface area contributed by atoms with Crippen LogP contribution >= 0.6 is 0 Å². The molecule has 92 valence electrons. The van der Waals surface area contributed by atoms with Crippen molar-refractivity contribution in [1.29, 1.82) is 0 Å². The van der Waals surface area contributed by atoms with Crippen LogP contribution in [0, 0.1) is 5.92 Å². The van der Waals surface area contributed by atoms with Crippen molar-refractivity contribution in [1.82, 2.24) is 20.8 Å². The third-order valence-electron chi connectivity index (χ3n) is 3.69. The van der Waals surface area contributed by atoms with Gasteiger partial charge in [0.25, 0.3) is 0 Å². The molecule has 2 saturated heterocycles. The van der Waals surface area contributed by atoms with Crippen molar-refractivity contribution < 1.29 is 9.32 Å². The van der Waals surface area contributed by atoms with Gasteiger partial charge in [-0.2, -0.15) is 4.98 Å². The van der Waals surface area contributed by atoms with Gasteiger partial charge in [-0.15, -0.1) is 0 Å². The highest BCUT2D eigenvalue weighted by molar-refractivity contribution is 5.80. The van der Waals surface area contributed by atoms with Crippen LogP contribution in [0.2, 0.25) is 0 Å². The predicted molar refractivity (Wildman–Crippen MR) is 59.1 cm³/mol. The first-order valence-corrected chi connectivity index (χ1v) is 6.12. The highest BCUT2D eigenvalue weighted by Crippen LogP contribution is 2.33. The van der Waals surface area contributed by atoms with Crippen LogP contribution in [0.3, 0.4) is 0 Å². The van der Waals surface area contributed by atoms with E-state index in [4.69, 9.17) is 0 Å². The van der Waals surface area contributed by atoms with Crippen LogP contribution in [0.25, 0.3) is 0 Å². The van der Waals surface area contributed by atoms with Crippen LogP contribution in [-0.2, 0) is 11.2 Å². The highest BCUT2D eigenvalue weighted by Gasteiger charge is 2.42. The van der Waals surface area contributed by atoms with Crippen molar-refractivity contribution in [3.63, 3.8) is 0 Å². The van der Waals surface area contributed by atoms with E-state index in [0.717, 1.165) is 12.8 Å². The van der Waals surface area contributed by atoms with Gasteiger partial charge in [0.15, 0.2) is 5.82 Å². The summed E-state index contributed by atoms with van der Waals surface area (Å²) < 4.78 is 4.63. The Hall–Kier alpha value is -1.43. The lowest BCUT2D eigenvalue weighted by Crippen LogP contribution is -2.38. The Balaban J connectivity index is 1.45. The molecule has 0 aliphatic carbocycles. The molecular weight excluding hydrogens is 220 g/mol. The van der Waals surface area contributed by atoms with Gasteiger partial charge < -0.3 is 15.2 Å². The number of amides is 1. The van der Waals surface area contributed by atoms with E-state index >= 15 is 0 Å². The number of fused-ring (bicyclic) bond motifs is 2. The number of carbonyl (C=O) groups excluding carboxylic acids is 1. The van der Waals surface area contributed by atoms with E-state index in [0.29, 0.717) is 30.9 Å². The number of carbonyl (C=O) groups is 1. The van der Waals surface area contributed by atoms with Crippen LogP contribution in [0.4, 0.5) is 0 Å². The first-order valence-electron chi connectivity index (χ1n) is 6.12. The van der Waals surface area contributed by atoms with E-state index in [1.54, 1.807) is 0 Å². The average molecular weight is 236 g/mol. The lowest BCUT2D eigenvalue weighted by molar-refractivity contribution is -0.125. The molecule has 1 aromatic rings. The Morgan fingerprint density at radius 1 is 1.59 bits per heavy atom. The molecular formula is C11H16N4O2. The molecule has 2 fully saturated rings. The van der Waals surface area contributed by atoms with Gasteiger partial charge in [-0.25, -0.2) is 0 Å². The van der Waals surface area contributed by atoms with Gasteiger partial charge in [-0.05, 0) is 19.3 Å². The van der Waals surface area contributed by atoms with Crippen molar-refractivity contribution in [2.45, 2.75) is 37.8 Å². The topological polar surface area (TPSA) is 80.1 Å². The third-order valence-corrected chi connectivity index (χ3v) is 3.69. The summed E-state index contributed by atoms with van der Waals surface area (Å²) in [7, 11) is 0. The van der Waals surface area contributed by atoms with Crippen molar-refractivity contribution in [3.8, 4) is 0 Å². The molecule has 3 unspecified atom stereocenters. The zero-order chi connectivity index (χ0) is 11.7. The third kappa shape index (κ3) is 2.17. The van der Waals surface area contributed by atoms with Crippen molar-refractivity contribution in [3.05, 3.63) is 12.2 Å². The summed E-state index contributed by atoms with van der Waals surface area (Å²) in [6.45, 7) is 0.576. The molecule has 0 aromatic carbocycles. The summed E-state index contributed by atoms with van der Waals surface area (Å²) in [5, 5.41) is 10.1. The van der Waals surface area contributed by atoms with Gasteiger partial charge in [0, 0.05) is 25.0 Å². The Kier molecular flexibility index (Phi) is 2.80. The summed E-state index contributed by atoms with van der Waals surface area (Å²) in [6, 6.07) is 0.957. The molecule has 2 N–H and O–H groups in total. The van der Waals surface area contributed by atoms with E-state index < -0.39 is 0 Å². The molecule has 1 amide bonds. The van der Waals surface area contributed by atoms with Crippen LogP contribution in [0.1, 0.15) is 25.1 Å². The molecule has 6 heteroatoms. The Bertz CT molecular complexity index is 392. The van der Waals surface area contributed by atoms with Crippen LogP contribution in [-0.4, -0.2) is 34.7 Å². The molecule has 2 bridgehead atoms. The molecule has 0 saturated carbocycles. The summed E-state index contributed by atoms with van der Waals surface area (Å²) in [5.74, 6) is 0.948. The monoisotopic (exact) mass is 236 g/mol. The molecule has 3 rings (SSSR count). The minimum atomic E-state index is 0.152. The molecule has 0 spiro atoms. The maximum atomic E-state index is 11.9. The van der Waals surface area contributed by atoms with E-state index in [9.17, 15) is 4.79 Å². The maximum absolute atomic E-state index is 11.9. The van der Waals surface area contributed by atoms with Crippen LogP contribution in [0.5, 0.6) is 0 Å². The van der Waals surface area contributed by atoms with Gasteiger partial charge in [0.1, 0.15) is 0 Å². The van der Waals surface area contributed by atoms with Gasteiger partial charge in [-0.3, -0.25) is 4.79 Å². The van der Waals surface area contributed by atoms with E-state index in [2.05, 4.69) is 25.3 Å². The van der Waals surface area contributed by atoms with E-state index in [1.165, 1.54) is 12.8 Å². The number of hydrogen-bond donors (Lipinski definition) is 2. The molecule has 2 aliphatic heterocycles. The molecule has 2 aliphatic rings. The standard InChI is InChI=1S/C11H16N4O2/c16-11(8-5-7-1-2-9(8)14-7)12-4-3-10-13-6-17-15-10/h6-9,14H,1-5H2,(H,12,16). The second-order valence-corrected chi connectivity index (χ2v) is 4.78. The smallest absolute Gasteiger partial charge is 0.224 e. The van der Waals surface area contributed by atoms with Crippen LogP contribution in [0.15, 0.2) is 10.9 Å². The fourth-order valence-electron chi connectivity index (χ4n) is 2.85. The Labute approximate surface area is 99.2 Å². The van der Waals surface area contributed by atoms with Gasteiger partial charge in [0.2, 0.25) is 12.3 Å². The summed E-state index contributed by atoms with van der Waals surface area (Å²) in [6.07, 6.45) is 5.26.